The van der Waals surface area contributed by atoms with Crippen molar-refractivity contribution < 1.29 is 22.7 Å². The monoisotopic (exact) mass is 423 g/mol. The number of anilines is 1. The lowest BCUT2D eigenvalue weighted by Crippen LogP contribution is -2.15. The summed E-state index contributed by atoms with van der Waals surface area (Å²) in [5.41, 5.74) is 2.12. The summed E-state index contributed by atoms with van der Waals surface area (Å²) < 4.78 is 32.2. The number of ether oxygens (including phenoxy) is 1. The summed E-state index contributed by atoms with van der Waals surface area (Å²) in [6, 6.07) is 20.9. The first kappa shape index (κ1) is 21.3. The molecule has 1 N–H and O–H groups in total. The SMILES string of the molecule is CCc1ccc(C(=O)COC(=O)c2ccc(NS(=O)(=O)c3ccccc3)cc2)cc1. The number of benzene rings is 3. The second kappa shape index (κ2) is 9.37. The molecule has 0 unspecified atom stereocenters. The summed E-state index contributed by atoms with van der Waals surface area (Å²) in [6.45, 7) is 1.66. The van der Waals surface area contributed by atoms with Crippen LogP contribution in [0.15, 0.2) is 83.8 Å². The Kier molecular flexibility index (Phi) is 6.64. The van der Waals surface area contributed by atoms with E-state index < -0.39 is 16.0 Å². The molecule has 3 aromatic rings. The first-order valence-corrected chi connectivity index (χ1v) is 10.8. The number of carbonyl (C=O) groups excluding carboxylic acids is 2. The van der Waals surface area contributed by atoms with E-state index in [1.54, 1.807) is 30.3 Å². The van der Waals surface area contributed by atoms with Gasteiger partial charge < -0.3 is 4.74 Å². The molecule has 0 saturated carbocycles. The molecule has 30 heavy (non-hydrogen) atoms. The molecule has 0 saturated heterocycles. The van der Waals surface area contributed by atoms with Crippen molar-refractivity contribution in [1.29, 1.82) is 0 Å². The first-order valence-electron chi connectivity index (χ1n) is 9.36. The number of sulfonamides is 1. The number of carbonyl (C=O) groups is 2. The van der Waals surface area contributed by atoms with E-state index >= 15 is 0 Å². The Morgan fingerprint density at radius 3 is 2.03 bits per heavy atom. The van der Waals surface area contributed by atoms with Gasteiger partial charge in [-0.05, 0) is 48.4 Å². The molecule has 0 aliphatic rings. The standard InChI is InChI=1S/C23H21NO5S/c1-2-17-8-10-18(11-9-17)22(25)16-29-23(26)19-12-14-20(15-13-19)24-30(27,28)21-6-4-3-5-7-21/h3-15,24H,2,16H2,1H3. The molecule has 0 heterocycles. The number of nitrogens with one attached hydrogen (secondary N) is 1. The summed E-state index contributed by atoms with van der Waals surface area (Å²) >= 11 is 0. The molecular weight excluding hydrogens is 402 g/mol. The van der Waals surface area contributed by atoms with E-state index in [4.69, 9.17) is 4.74 Å². The van der Waals surface area contributed by atoms with Crippen molar-refractivity contribution in [3.63, 3.8) is 0 Å². The Hall–Kier alpha value is -3.45. The smallest absolute Gasteiger partial charge is 0.338 e. The third-order valence-corrected chi connectivity index (χ3v) is 5.84. The topological polar surface area (TPSA) is 89.5 Å². The number of Topliss-reactive ketones (excluding diaryl/α,β-unsaturated/α-hetero) is 1. The van der Waals surface area contributed by atoms with Gasteiger partial charge in [0.05, 0.1) is 10.5 Å². The Balaban J connectivity index is 1.59. The maximum Gasteiger partial charge on any atom is 0.338 e. The summed E-state index contributed by atoms with van der Waals surface area (Å²) in [5.74, 6) is -0.954. The maximum atomic E-state index is 12.3. The van der Waals surface area contributed by atoms with Crippen LogP contribution in [0.3, 0.4) is 0 Å². The second-order valence-corrected chi connectivity index (χ2v) is 8.23. The van der Waals surface area contributed by atoms with Gasteiger partial charge in [0.25, 0.3) is 10.0 Å². The molecule has 0 spiro atoms. The highest BCUT2D eigenvalue weighted by molar-refractivity contribution is 7.92. The van der Waals surface area contributed by atoms with Gasteiger partial charge in [-0.2, -0.15) is 0 Å². The maximum absolute atomic E-state index is 12.3. The lowest BCUT2D eigenvalue weighted by molar-refractivity contribution is 0.0475. The van der Waals surface area contributed by atoms with Crippen LogP contribution in [0.5, 0.6) is 0 Å². The quantitative estimate of drug-likeness (QED) is 0.435. The van der Waals surface area contributed by atoms with Gasteiger partial charge in [0.1, 0.15) is 0 Å². The highest BCUT2D eigenvalue weighted by atomic mass is 32.2. The fourth-order valence-electron chi connectivity index (χ4n) is 2.71. The van der Waals surface area contributed by atoms with Crippen LogP contribution < -0.4 is 4.72 Å². The largest absolute Gasteiger partial charge is 0.454 e. The molecule has 3 aromatic carbocycles. The van der Waals surface area contributed by atoms with Gasteiger partial charge in [0, 0.05) is 11.3 Å². The van der Waals surface area contributed by atoms with Crippen molar-refractivity contribution in [3.05, 3.63) is 95.6 Å². The van der Waals surface area contributed by atoms with E-state index in [-0.39, 0.29) is 22.8 Å². The van der Waals surface area contributed by atoms with Crippen LogP contribution in [0, 0.1) is 0 Å². The highest BCUT2D eigenvalue weighted by Gasteiger charge is 2.15. The zero-order valence-electron chi connectivity index (χ0n) is 16.4. The average molecular weight is 423 g/mol. The lowest BCUT2D eigenvalue weighted by atomic mass is 10.1. The third-order valence-electron chi connectivity index (χ3n) is 4.44. The van der Waals surface area contributed by atoms with E-state index in [1.165, 1.54) is 36.4 Å². The molecule has 7 heteroatoms. The fourth-order valence-corrected chi connectivity index (χ4v) is 3.79. The zero-order chi connectivity index (χ0) is 21.6. The van der Waals surface area contributed by atoms with Crippen molar-refractivity contribution in [3.8, 4) is 0 Å². The van der Waals surface area contributed by atoms with E-state index in [0.29, 0.717) is 11.3 Å². The van der Waals surface area contributed by atoms with Crippen molar-refractivity contribution in [2.24, 2.45) is 0 Å². The predicted molar refractivity (Wildman–Crippen MR) is 114 cm³/mol. The van der Waals surface area contributed by atoms with Crippen LogP contribution in [-0.4, -0.2) is 26.8 Å². The Morgan fingerprint density at radius 1 is 0.833 bits per heavy atom. The molecule has 0 aliphatic heterocycles. The van der Waals surface area contributed by atoms with Gasteiger partial charge in [-0.1, -0.05) is 49.4 Å². The van der Waals surface area contributed by atoms with Crippen LogP contribution >= 0.6 is 0 Å². The van der Waals surface area contributed by atoms with E-state index in [0.717, 1.165) is 12.0 Å². The molecule has 0 aliphatic carbocycles. The Morgan fingerprint density at radius 2 is 1.43 bits per heavy atom. The Labute approximate surface area is 175 Å². The summed E-state index contributed by atoms with van der Waals surface area (Å²) in [5, 5.41) is 0. The molecular formula is C23H21NO5S. The molecule has 0 aromatic heterocycles. The number of rotatable bonds is 8. The van der Waals surface area contributed by atoms with Crippen molar-refractivity contribution >= 4 is 27.5 Å². The van der Waals surface area contributed by atoms with Crippen LogP contribution in [0.4, 0.5) is 5.69 Å². The molecule has 3 rings (SSSR count). The molecule has 0 bridgehead atoms. The van der Waals surface area contributed by atoms with Crippen LogP contribution in [0.2, 0.25) is 0 Å². The average Bonchev–Trinajstić information content (AvgIpc) is 2.78. The minimum absolute atomic E-state index is 0.138. The van der Waals surface area contributed by atoms with Gasteiger partial charge in [-0.3, -0.25) is 9.52 Å². The predicted octanol–water partition coefficient (Wildman–Crippen LogP) is 4.09. The second-order valence-electron chi connectivity index (χ2n) is 6.55. The van der Waals surface area contributed by atoms with Gasteiger partial charge in [0.2, 0.25) is 0 Å². The molecule has 6 nitrogen and oxygen atoms in total. The molecule has 0 radical (unpaired) electrons. The number of hydrogen-bond acceptors (Lipinski definition) is 5. The van der Waals surface area contributed by atoms with Crippen molar-refractivity contribution in [2.45, 2.75) is 18.2 Å². The zero-order valence-corrected chi connectivity index (χ0v) is 17.2. The van der Waals surface area contributed by atoms with Gasteiger partial charge in [-0.25, -0.2) is 13.2 Å². The Bertz CT molecular complexity index is 1120. The number of aryl methyl sites for hydroxylation is 1. The molecule has 0 amide bonds. The van der Waals surface area contributed by atoms with Crippen LogP contribution in [0.1, 0.15) is 33.2 Å². The third kappa shape index (κ3) is 5.33. The van der Waals surface area contributed by atoms with Crippen LogP contribution in [-0.2, 0) is 21.2 Å². The van der Waals surface area contributed by atoms with Gasteiger partial charge >= 0.3 is 5.97 Å². The first-order chi connectivity index (χ1) is 14.4. The number of esters is 1. The summed E-state index contributed by atoms with van der Waals surface area (Å²) in [7, 11) is -3.71. The van der Waals surface area contributed by atoms with E-state index in [9.17, 15) is 18.0 Å². The van der Waals surface area contributed by atoms with E-state index in [1.807, 2.05) is 19.1 Å². The molecule has 0 atom stereocenters. The van der Waals surface area contributed by atoms with Crippen molar-refractivity contribution in [1.82, 2.24) is 0 Å². The van der Waals surface area contributed by atoms with Gasteiger partial charge in [-0.15, -0.1) is 0 Å². The number of ketones is 1. The number of hydrogen-bond donors (Lipinski definition) is 1. The highest BCUT2D eigenvalue weighted by Crippen LogP contribution is 2.17. The minimum Gasteiger partial charge on any atom is -0.454 e. The lowest BCUT2D eigenvalue weighted by Gasteiger charge is -2.09. The molecule has 0 fully saturated rings. The van der Waals surface area contributed by atoms with Gasteiger partial charge in [0.15, 0.2) is 12.4 Å². The summed E-state index contributed by atoms with van der Waals surface area (Å²) in [6.07, 6.45) is 0.876. The van der Waals surface area contributed by atoms with E-state index in [2.05, 4.69) is 4.72 Å². The fraction of sp³-hybridized carbons (Fsp3) is 0.130. The van der Waals surface area contributed by atoms with Crippen LogP contribution in [0.25, 0.3) is 0 Å². The van der Waals surface area contributed by atoms with Crippen molar-refractivity contribution in [2.75, 3.05) is 11.3 Å². The summed E-state index contributed by atoms with van der Waals surface area (Å²) in [4.78, 5) is 24.5. The molecule has 154 valence electrons. The normalized spacial score (nSPS) is 11.0. The minimum atomic E-state index is -3.71.